The first-order chi connectivity index (χ1) is 9.17. The van der Waals surface area contributed by atoms with E-state index in [2.05, 4.69) is 17.2 Å². The van der Waals surface area contributed by atoms with Crippen LogP contribution in [0.25, 0.3) is 5.65 Å². The number of nitrogens with one attached hydrogen (secondary N) is 1. The van der Waals surface area contributed by atoms with E-state index in [9.17, 15) is 4.79 Å². The topological polar surface area (TPSA) is 46.4 Å². The summed E-state index contributed by atoms with van der Waals surface area (Å²) in [5.74, 6) is -0.0693. The highest BCUT2D eigenvalue weighted by Crippen LogP contribution is 2.17. The first kappa shape index (κ1) is 13.9. The van der Waals surface area contributed by atoms with Crippen LogP contribution in [0.1, 0.15) is 42.9 Å². The predicted molar refractivity (Wildman–Crippen MR) is 76.8 cm³/mol. The van der Waals surface area contributed by atoms with Gasteiger partial charge in [-0.25, -0.2) is 4.98 Å². The molecule has 0 atom stereocenters. The van der Waals surface area contributed by atoms with Crippen LogP contribution in [0, 0.1) is 0 Å². The highest BCUT2D eigenvalue weighted by atomic mass is 35.5. The molecule has 19 heavy (non-hydrogen) atoms. The fraction of sp³-hybridized carbons (Fsp3) is 0.429. The second kappa shape index (κ2) is 6.06. The van der Waals surface area contributed by atoms with Crippen LogP contribution >= 0.6 is 11.6 Å². The lowest BCUT2D eigenvalue weighted by molar-refractivity contribution is 0.0946. The Morgan fingerprint density at radius 2 is 2.26 bits per heavy atom. The Kier molecular flexibility index (Phi) is 4.43. The average Bonchev–Trinajstić information content (AvgIpc) is 2.76. The zero-order valence-corrected chi connectivity index (χ0v) is 12.0. The number of pyridine rings is 1. The van der Waals surface area contributed by atoms with Gasteiger partial charge in [0, 0.05) is 23.8 Å². The predicted octanol–water partition coefficient (Wildman–Crippen LogP) is 3.08. The van der Waals surface area contributed by atoms with Gasteiger partial charge in [-0.1, -0.05) is 31.9 Å². The molecular weight excluding hydrogens is 262 g/mol. The number of amides is 1. The van der Waals surface area contributed by atoms with Crippen LogP contribution in [0.15, 0.2) is 18.3 Å². The molecule has 0 unspecified atom stereocenters. The number of nitrogens with zero attached hydrogens (tertiary/aromatic N) is 2. The minimum atomic E-state index is -0.0693. The summed E-state index contributed by atoms with van der Waals surface area (Å²) in [6, 6.07) is 3.53. The number of carbonyl (C=O) groups is 1. The summed E-state index contributed by atoms with van der Waals surface area (Å²) >= 11 is 5.95. The molecule has 2 rings (SSSR count). The minimum Gasteiger partial charge on any atom is -0.351 e. The van der Waals surface area contributed by atoms with Crippen LogP contribution in [0.2, 0.25) is 5.02 Å². The first-order valence-electron chi connectivity index (χ1n) is 6.62. The van der Waals surface area contributed by atoms with E-state index in [0.29, 0.717) is 22.9 Å². The summed E-state index contributed by atoms with van der Waals surface area (Å²) in [6.07, 6.45) is 4.55. The van der Waals surface area contributed by atoms with E-state index in [0.717, 1.165) is 25.0 Å². The maximum atomic E-state index is 12.3. The van der Waals surface area contributed by atoms with Crippen molar-refractivity contribution in [3.05, 3.63) is 34.7 Å². The number of hydrogen-bond acceptors (Lipinski definition) is 2. The van der Waals surface area contributed by atoms with Crippen molar-refractivity contribution in [3.8, 4) is 0 Å². The smallest absolute Gasteiger partial charge is 0.270 e. The number of halogens is 1. The number of rotatable bonds is 5. The number of aromatic nitrogens is 2. The highest BCUT2D eigenvalue weighted by Gasteiger charge is 2.17. The van der Waals surface area contributed by atoms with E-state index in [4.69, 9.17) is 11.6 Å². The van der Waals surface area contributed by atoms with Crippen LogP contribution < -0.4 is 5.32 Å². The van der Waals surface area contributed by atoms with Gasteiger partial charge in [-0.2, -0.15) is 0 Å². The standard InChI is InChI=1S/C14H18ClN3O/c1-3-5-7-16-14(19)13-11(4-2)17-12-9-10(15)6-8-18(12)13/h6,8-9H,3-5,7H2,1-2H3,(H,16,19). The molecule has 4 nitrogen and oxygen atoms in total. The van der Waals surface area contributed by atoms with Gasteiger partial charge in [0.15, 0.2) is 0 Å². The Balaban J connectivity index is 2.37. The molecule has 1 amide bonds. The van der Waals surface area contributed by atoms with Gasteiger partial charge in [0.1, 0.15) is 11.3 Å². The summed E-state index contributed by atoms with van der Waals surface area (Å²) in [7, 11) is 0. The lowest BCUT2D eigenvalue weighted by Gasteiger charge is -2.05. The third-order valence-electron chi connectivity index (χ3n) is 3.03. The van der Waals surface area contributed by atoms with Crippen molar-refractivity contribution >= 4 is 23.2 Å². The van der Waals surface area contributed by atoms with Crippen molar-refractivity contribution in [1.82, 2.24) is 14.7 Å². The largest absolute Gasteiger partial charge is 0.351 e. The van der Waals surface area contributed by atoms with Gasteiger partial charge in [-0.05, 0) is 18.9 Å². The molecule has 1 N–H and O–H groups in total. The Hall–Kier alpha value is -1.55. The van der Waals surface area contributed by atoms with Gasteiger partial charge in [0.2, 0.25) is 0 Å². The molecule has 0 bridgehead atoms. The molecule has 0 aliphatic rings. The SMILES string of the molecule is CCCCNC(=O)c1c(CC)nc2cc(Cl)ccn12. The van der Waals surface area contributed by atoms with E-state index in [1.54, 1.807) is 22.7 Å². The van der Waals surface area contributed by atoms with Crippen LogP contribution in [0.5, 0.6) is 0 Å². The maximum Gasteiger partial charge on any atom is 0.270 e. The molecule has 0 aliphatic heterocycles. The number of imidazole rings is 1. The number of aryl methyl sites for hydroxylation is 1. The molecule has 0 spiro atoms. The maximum absolute atomic E-state index is 12.3. The van der Waals surface area contributed by atoms with Gasteiger partial charge in [0.05, 0.1) is 5.69 Å². The summed E-state index contributed by atoms with van der Waals surface area (Å²) in [6.45, 7) is 4.78. The third-order valence-corrected chi connectivity index (χ3v) is 3.26. The van der Waals surface area contributed by atoms with E-state index in [1.807, 2.05) is 6.92 Å². The van der Waals surface area contributed by atoms with Gasteiger partial charge >= 0.3 is 0 Å². The molecule has 0 fully saturated rings. The summed E-state index contributed by atoms with van der Waals surface area (Å²) in [4.78, 5) is 16.7. The number of unbranched alkanes of at least 4 members (excludes halogenated alkanes) is 1. The third kappa shape index (κ3) is 2.89. The molecule has 0 radical (unpaired) electrons. The monoisotopic (exact) mass is 279 g/mol. The van der Waals surface area contributed by atoms with Crippen LogP contribution in [0.4, 0.5) is 0 Å². The molecule has 102 valence electrons. The Labute approximate surface area is 117 Å². The number of fused-ring (bicyclic) bond motifs is 1. The van der Waals surface area contributed by atoms with Crippen molar-refractivity contribution in [2.24, 2.45) is 0 Å². The zero-order valence-electron chi connectivity index (χ0n) is 11.2. The van der Waals surface area contributed by atoms with Crippen LogP contribution in [-0.2, 0) is 6.42 Å². The molecule has 2 aromatic heterocycles. The van der Waals surface area contributed by atoms with Crippen molar-refractivity contribution in [3.63, 3.8) is 0 Å². The molecular formula is C14H18ClN3O. The lowest BCUT2D eigenvalue weighted by Crippen LogP contribution is -2.26. The fourth-order valence-electron chi connectivity index (χ4n) is 2.02. The van der Waals surface area contributed by atoms with Gasteiger partial charge in [0.25, 0.3) is 5.91 Å². The summed E-state index contributed by atoms with van der Waals surface area (Å²) in [5, 5.41) is 3.56. The molecule has 0 aliphatic carbocycles. The van der Waals surface area contributed by atoms with Crippen LogP contribution in [-0.4, -0.2) is 21.8 Å². The quantitative estimate of drug-likeness (QED) is 0.855. The van der Waals surface area contributed by atoms with Crippen molar-refractivity contribution in [2.75, 3.05) is 6.54 Å². The normalized spacial score (nSPS) is 10.9. The van der Waals surface area contributed by atoms with Gasteiger partial charge in [-0.3, -0.25) is 9.20 Å². The Bertz CT molecular complexity index is 592. The van der Waals surface area contributed by atoms with E-state index in [1.165, 1.54) is 0 Å². The van der Waals surface area contributed by atoms with E-state index >= 15 is 0 Å². The average molecular weight is 280 g/mol. The Morgan fingerprint density at radius 1 is 1.47 bits per heavy atom. The molecule has 0 saturated carbocycles. The van der Waals surface area contributed by atoms with Crippen molar-refractivity contribution in [2.45, 2.75) is 33.1 Å². The minimum absolute atomic E-state index is 0.0693. The van der Waals surface area contributed by atoms with Crippen molar-refractivity contribution < 1.29 is 4.79 Å². The summed E-state index contributed by atoms with van der Waals surface area (Å²) < 4.78 is 1.80. The number of carbonyl (C=O) groups excluding carboxylic acids is 1. The lowest BCUT2D eigenvalue weighted by atomic mass is 10.2. The first-order valence-corrected chi connectivity index (χ1v) is 6.99. The van der Waals surface area contributed by atoms with E-state index < -0.39 is 0 Å². The Morgan fingerprint density at radius 3 is 2.95 bits per heavy atom. The molecule has 0 aromatic carbocycles. The number of hydrogen-bond donors (Lipinski definition) is 1. The second-order valence-electron chi connectivity index (χ2n) is 4.44. The van der Waals surface area contributed by atoms with E-state index in [-0.39, 0.29) is 5.91 Å². The zero-order chi connectivity index (χ0) is 13.8. The highest BCUT2D eigenvalue weighted by molar-refractivity contribution is 6.30. The molecule has 2 aromatic rings. The second-order valence-corrected chi connectivity index (χ2v) is 4.88. The van der Waals surface area contributed by atoms with Crippen LogP contribution in [0.3, 0.4) is 0 Å². The molecule has 0 saturated heterocycles. The van der Waals surface area contributed by atoms with Crippen molar-refractivity contribution in [1.29, 1.82) is 0 Å². The fourth-order valence-corrected chi connectivity index (χ4v) is 2.17. The van der Waals surface area contributed by atoms with Gasteiger partial charge < -0.3 is 5.32 Å². The molecule has 2 heterocycles. The molecule has 5 heteroatoms. The van der Waals surface area contributed by atoms with Gasteiger partial charge in [-0.15, -0.1) is 0 Å². The summed E-state index contributed by atoms with van der Waals surface area (Å²) in [5.41, 5.74) is 2.13.